The van der Waals surface area contributed by atoms with Gasteiger partial charge in [-0.2, -0.15) is 11.3 Å². The van der Waals surface area contributed by atoms with E-state index in [1.54, 1.807) is 25.4 Å². The number of hydrogen-bond acceptors (Lipinski definition) is 3. The van der Waals surface area contributed by atoms with E-state index >= 15 is 0 Å². The van der Waals surface area contributed by atoms with Crippen LogP contribution in [-0.2, 0) is 13.0 Å². The number of hydrogen-bond donors (Lipinski definition) is 2. The van der Waals surface area contributed by atoms with Crippen LogP contribution in [0.4, 0.5) is 0 Å². The number of amides is 1. The normalized spacial score (nSPS) is 11.2. The Morgan fingerprint density at radius 2 is 2.12 bits per heavy atom. The van der Waals surface area contributed by atoms with Crippen LogP contribution in [0, 0.1) is 0 Å². The van der Waals surface area contributed by atoms with Crippen LogP contribution < -0.4 is 10.6 Å². The fourth-order valence-corrected chi connectivity index (χ4v) is 3.11. The molecule has 2 rings (SSSR count). The third-order valence-corrected chi connectivity index (χ3v) is 4.42. The van der Waals surface area contributed by atoms with Crippen LogP contribution in [0.5, 0.6) is 0 Å². The second-order valence-corrected chi connectivity index (χ2v) is 6.27. The number of carbonyl (C=O) groups is 1. The van der Waals surface area contributed by atoms with Crippen LogP contribution in [0.25, 0.3) is 0 Å². The molecule has 1 aromatic carbocycles. The molecule has 0 fully saturated rings. The molecule has 0 atom stereocenters. The number of nitrogens with one attached hydrogen (secondary N) is 2. The monoisotopic (exact) mass is 344 g/mol. The lowest BCUT2D eigenvalue weighted by Crippen LogP contribution is -2.39. The third-order valence-electron chi connectivity index (χ3n) is 3.69. The molecular formula is C18H24N4OS. The number of benzene rings is 1. The van der Waals surface area contributed by atoms with Gasteiger partial charge in [-0.1, -0.05) is 12.1 Å². The van der Waals surface area contributed by atoms with Gasteiger partial charge in [0.1, 0.15) is 0 Å². The van der Waals surface area contributed by atoms with Crippen molar-refractivity contribution >= 4 is 23.2 Å². The molecule has 0 radical (unpaired) electrons. The zero-order valence-corrected chi connectivity index (χ0v) is 15.2. The minimum Gasteiger partial charge on any atom is -0.356 e. The van der Waals surface area contributed by atoms with Crippen LogP contribution in [-0.4, -0.2) is 44.5 Å². The van der Waals surface area contributed by atoms with Gasteiger partial charge >= 0.3 is 0 Å². The highest BCUT2D eigenvalue weighted by molar-refractivity contribution is 7.07. The van der Waals surface area contributed by atoms with Crippen LogP contribution in [0.15, 0.2) is 46.1 Å². The minimum atomic E-state index is -0.0592. The average molecular weight is 344 g/mol. The summed E-state index contributed by atoms with van der Waals surface area (Å²) in [4.78, 5) is 18.1. The van der Waals surface area contributed by atoms with Crippen LogP contribution in [0.3, 0.4) is 0 Å². The molecule has 2 N–H and O–H groups in total. The van der Waals surface area contributed by atoms with E-state index in [0.29, 0.717) is 5.56 Å². The largest absolute Gasteiger partial charge is 0.356 e. The molecule has 0 saturated heterocycles. The van der Waals surface area contributed by atoms with E-state index in [-0.39, 0.29) is 5.91 Å². The Bertz CT molecular complexity index is 682. The highest BCUT2D eigenvalue weighted by Crippen LogP contribution is 2.09. The summed E-state index contributed by atoms with van der Waals surface area (Å²) < 4.78 is 0. The molecule has 1 amide bonds. The smallest absolute Gasteiger partial charge is 0.251 e. The van der Waals surface area contributed by atoms with Gasteiger partial charge in [0.25, 0.3) is 5.91 Å². The molecule has 1 heterocycles. The fraction of sp³-hybridized carbons (Fsp3) is 0.333. The molecule has 1 aromatic heterocycles. The highest BCUT2D eigenvalue weighted by Gasteiger charge is 2.07. The van der Waals surface area contributed by atoms with Crippen LogP contribution in [0.2, 0.25) is 0 Å². The van der Waals surface area contributed by atoms with E-state index in [1.165, 1.54) is 5.56 Å². The summed E-state index contributed by atoms with van der Waals surface area (Å²) in [6.07, 6.45) is 0.830. The predicted octanol–water partition coefficient (Wildman–Crippen LogP) is 2.36. The molecule has 128 valence electrons. The lowest BCUT2D eigenvalue weighted by molar-refractivity contribution is 0.0963. The first kappa shape index (κ1) is 18.0. The van der Waals surface area contributed by atoms with Crippen molar-refractivity contribution in [3.8, 4) is 0 Å². The number of guanidine groups is 1. The molecule has 0 spiro atoms. The van der Waals surface area contributed by atoms with Gasteiger partial charge in [-0.3, -0.25) is 9.79 Å². The van der Waals surface area contributed by atoms with Crippen LogP contribution in [0.1, 0.15) is 21.5 Å². The molecule has 0 unspecified atom stereocenters. The quantitative estimate of drug-likeness (QED) is 0.625. The molecule has 2 aromatic rings. The number of thiophene rings is 1. The van der Waals surface area contributed by atoms with Gasteiger partial charge in [-0.15, -0.1) is 0 Å². The summed E-state index contributed by atoms with van der Waals surface area (Å²) in [6, 6.07) is 9.82. The van der Waals surface area contributed by atoms with Crippen molar-refractivity contribution in [1.29, 1.82) is 0 Å². The predicted molar refractivity (Wildman–Crippen MR) is 101 cm³/mol. The van der Waals surface area contributed by atoms with E-state index < -0.39 is 0 Å². The van der Waals surface area contributed by atoms with E-state index in [0.717, 1.165) is 31.0 Å². The van der Waals surface area contributed by atoms with Crippen molar-refractivity contribution in [2.75, 3.05) is 27.7 Å². The van der Waals surface area contributed by atoms with Crippen molar-refractivity contribution in [2.45, 2.75) is 13.0 Å². The number of carbonyl (C=O) groups excluding carboxylic acids is 1. The topological polar surface area (TPSA) is 56.7 Å². The van der Waals surface area contributed by atoms with E-state index in [9.17, 15) is 4.79 Å². The first-order chi connectivity index (χ1) is 11.6. The van der Waals surface area contributed by atoms with E-state index in [4.69, 9.17) is 0 Å². The maximum absolute atomic E-state index is 11.7. The van der Waals surface area contributed by atoms with Gasteiger partial charge in [0, 0.05) is 39.8 Å². The fourth-order valence-electron chi connectivity index (χ4n) is 2.45. The maximum atomic E-state index is 11.7. The van der Waals surface area contributed by atoms with Gasteiger partial charge in [-0.25, -0.2) is 0 Å². The number of rotatable bonds is 6. The number of aliphatic imine (C=N–C) groups is 1. The van der Waals surface area contributed by atoms with Gasteiger partial charge in [-0.05, 0) is 46.5 Å². The molecule has 0 aliphatic carbocycles. The van der Waals surface area contributed by atoms with Crippen LogP contribution >= 0.6 is 11.3 Å². The molecule has 0 aliphatic rings. The summed E-state index contributed by atoms with van der Waals surface area (Å²) >= 11 is 1.70. The van der Waals surface area contributed by atoms with E-state index in [2.05, 4.69) is 37.4 Å². The lowest BCUT2D eigenvalue weighted by Gasteiger charge is -2.21. The summed E-state index contributed by atoms with van der Waals surface area (Å²) in [5, 5.41) is 10.2. The average Bonchev–Trinajstić information content (AvgIpc) is 3.11. The zero-order chi connectivity index (χ0) is 17.4. The molecule has 0 bridgehead atoms. The Kier molecular flexibility index (Phi) is 6.81. The molecular weight excluding hydrogens is 320 g/mol. The Hall–Kier alpha value is -2.34. The summed E-state index contributed by atoms with van der Waals surface area (Å²) in [6.45, 7) is 1.59. The standard InChI is InChI=1S/C18H24N4OS/c1-19-17(23)16-6-4-5-14(11-16)7-9-21-18(20-2)22(3)12-15-8-10-24-13-15/h4-6,8,10-11,13H,7,9,12H2,1-3H3,(H,19,23)(H,20,21). The SMILES string of the molecule is CN=C(NCCc1cccc(C(=O)NC)c1)N(C)Cc1ccsc1. The van der Waals surface area contributed by atoms with Gasteiger partial charge in [0.05, 0.1) is 0 Å². The van der Waals surface area contributed by atoms with Crippen molar-refractivity contribution in [3.05, 3.63) is 57.8 Å². The number of nitrogens with zero attached hydrogens (tertiary/aromatic N) is 2. The second-order valence-electron chi connectivity index (χ2n) is 5.49. The third kappa shape index (κ3) is 5.09. The van der Waals surface area contributed by atoms with E-state index in [1.807, 2.05) is 31.3 Å². The van der Waals surface area contributed by atoms with Gasteiger partial charge in [0.2, 0.25) is 0 Å². The lowest BCUT2D eigenvalue weighted by atomic mass is 10.1. The highest BCUT2D eigenvalue weighted by atomic mass is 32.1. The molecule has 5 nitrogen and oxygen atoms in total. The Labute approximate surface area is 147 Å². The molecule has 6 heteroatoms. The summed E-state index contributed by atoms with van der Waals surface area (Å²) in [5.41, 5.74) is 3.09. The first-order valence-electron chi connectivity index (χ1n) is 7.88. The Morgan fingerprint density at radius 1 is 1.29 bits per heavy atom. The Morgan fingerprint density at radius 3 is 2.79 bits per heavy atom. The van der Waals surface area contributed by atoms with Crippen molar-refractivity contribution in [1.82, 2.24) is 15.5 Å². The molecule has 0 saturated carbocycles. The molecule has 0 aliphatic heterocycles. The Balaban J connectivity index is 1.86. The first-order valence-corrected chi connectivity index (χ1v) is 8.82. The van der Waals surface area contributed by atoms with Crippen molar-refractivity contribution < 1.29 is 4.79 Å². The van der Waals surface area contributed by atoms with Gasteiger partial charge < -0.3 is 15.5 Å². The van der Waals surface area contributed by atoms with Gasteiger partial charge in [0.15, 0.2) is 5.96 Å². The zero-order valence-electron chi connectivity index (χ0n) is 14.4. The second kappa shape index (κ2) is 9.08. The minimum absolute atomic E-state index is 0.0592. The maximum Gasteiger partial charge on any atom is 0.251 e. The van der Waals surface area contributed by atoms with Crippen molar-refractivity contribution in [3.63, 3.8) is 0 Å². The summed E-state index contributed by atoms with van der Waals surface area (Å²) in [5.74, 6) is 0.805. The van der Waals surface area contributed by atoms with Crippen molar-refractivity contribution in [2.24, 2.45) is 4.99 Å². The molecule has 24 heavy (non-hydrogen) atoms. The summed E-state index contributed by atoms with van der Waals surface area (Å²) in [7, 11) is 5.46.